The van der Waals surface area contributed by atoms with Crippen molar-refractivity contribution >= 4 is 17.1 Å². The highest BCUT2D eigenvalue weighted by Gasteiger charge is 2.28. The van der Waals surface area contributed by atoms with Crippen molar-refractivity contribution in [2.24, 2.45) is 0 Å². The number of imidazole rings is 1. The molecule has 0 aliphatic carbocycles. The molecule has 17 heavy (non-hydrogen) atoms. The summed E-state index contributed by atoms with van der Waals surface area (Å²) in [5.74, 6) is 0.178. The maximum atomic E-state index is 8.92. The molecule has 1 aliphatic rings. The van der Waals surface area contributed by atoms with E-state index in [1.165, 1.54) is 0 Å². The van der Waals surface area contributed by atoms with Crippen LogP contribution in [0.3, 0.4) is 0 Å². The molecule has 0 unspecified atom stereocenters. The summed E-state index contributed by atoms with van der Waals surface area (Å²) in [7, 11) is 0. The molecule has 3 rings (SSSR count). The number of ether oxygens (including phenoxy) is 2. The summed E-state index contributed by atoms with van der Waals surface area (Å²) in [6, 6.07) is 0. The fraction of sp³-hybridized carbons (Fsp3) is 0.444. The summed E-state index contributed by atoms with van der Waals surface area (Å²) in [5, 5.41) is 8.92. The third-order valence-electron chi connectivity index (χ3n) is 2.53. The van der Waals surface area contributed by atoms with Gasteiger partial charge in [-0.15, -0.1) is 0 Å². The molecule has 0 aromatic carbocycles. The molecule has 2 atom stereocenters. The highest BCUT2D eigenvalue weighted by Crippen LogP contribution is 2.24. The second-order valence-electron chi connectivity index (χ2n) is 3.63. The van der Waals surface area contributed by atoms with Crippen LogP contribution in [0.1, 0.15) is 6.23 Å². The lowest BCUT2D eigenvalue weighted by molar-refractivity contribution is -0.0980. The number of nitrogens with two attached hydrogens (primary N) is 1. The highest BCUT2D eigenvalue weighted by atomic mass is 16.7. The highest BCUT2D eigenvalue weighted by molar-refractivity contribution is 5.70. The van der Waals surface area contributed by atoms with Crippen molar-refractivity contribution in [3.05, 3.63) is 12.5 Å². The largest absolute Gasteiger partial charge is 0.391 e. The Morgan fingerprint density at radius 1 is 1.53 bits per heavy atom. The first-order valence-corrected chi connectivity index (χ1v) is 5.11. The minimum Gasteiger partial charge on any atom is -0.391 e. The molecule has 0 saturated carbocycles. The van der Waals surface area contributed by atoms with Gasteiger partial charge in [-0.3, -0.25) is 4.57 Å². The van der Waals surface area contributed by atoms with Crippen LogP contribution in [0.5, 0.6) is 0 Å². The second kappa shape index (κ2) is 3.91. The Labute approximate surface area is 96.0 Å². The van der Waals surface area contributed by atoms with E-state index < -0.39 is 6.29 Å². The topological polar surface area (TPSA) is 108 Å². The van der Waals surface area contributed by atoms with Crippen LogP contribution in [-0.2, 0) is 9.47 Å². The third-order valence-corrected chi connectivity index (χ3v) is 2.53. The molecule has 3 N–H and O–H groups in total. The number of rotatable bonds is 2. The molecule has 8 nitrogen and oxygen atoms in total. The maximum absolute atomic E-state index is 8.92. The summed E-state index contributed by atoms with van der Waals surface area (Å²) in [6.45, 7) is 0.154. The second-order valence-corrected chi connectivity index (χ2v) is 3.63. The van der Waals surface area contributed by atoms with E-state index in [1.807, 2.05) is 0 Å². The number of aromatic nitrogens is 4. The molecule has 0 spiro atoms. The minimum absolute atomic E-state index is 0.178. The van der Waals surface area contributed by atoms with Crippen molar-refractivity contribution in [2.75, 3.05) is 18.9 Å². The maximum Gasteiger partial charge on any atom is 0.222 e. The molecule has 1 fully saturated rings. The van der Waals surface area contributed by atoms with E-state index in [2.05, 4.69) is 15.0 Å². The molecule has 3 heterocycles. The lowest BCUT2D eigenvalue weighted by atomic mass is 10.5. The van der Waals surface area contributed by atoms with Gasteiger partial charge in [0.25, 0.3) is 0 Å². The SMILES string of the molecule is Nc1ncc2ncn([C@H]3CO[C@@H](CO)O3)c2n1. The van der Waals surface area contributed by atoms with E-state index in [4.69, 9.17) is 20.3 Å². The van der Waals surface area contributed by atoms with Crippen molar-refractivity contribution in [1.82, 2.24) is 19.5 Å². The third kappa shape index (κ3) is 1.71. The zero-order valence-corrected chi connectivity index (χ0v) is 8.85. The number of aliphatic hydroxyl groups is 1. The summed E-state index contributed by atoms with van der Waals surface area (Å²) < 4.78 is 12.4. The Morgan fingerprint density at radius 3 is 3.18 bits per heavy atom. The van der Waals surface area contributed by atoms with Crippen LogP contribution in [-0.4, -0.2) is 44.1 Å². The summed E-state index contributed by atoms with van der Waals surface area (Å²) in [5.41, 5.74) is 6.75. The van der Waals surface area contributed by atoms with Crippen LogP contribution in [0.2, 0.25) is 0 Å². The molecule has 8 heteroatoms. The van der Waals surface area contributed by atoms with Crippen LogP contribution >= 0.6 is 0 Å². The Kier molecular flexibility index (Phi) is 2.39. The Bertz CT molecular complexity index is 542. The first-order chi connectivity index (χ1) is 8.28. The smallest absolute Gasteiger partial charge is 0.222 e. The number of hydrogen-bond acceptors (Lipinski definition) is 7. The van der Waals surface area contributed by atoms with Gasteiger partial charge < -0.3 is 20.3 Å². The van der Waals surface area contributed by atoms with Gasteiger partial charge in [0.15, 0.2) is 18.2 Å². The Hall–Kier alpha value is -1.77. The first kappa shape index (κ1) is 10.4. The van der Waals surface area contributed by atoms with Gasteiger partial charge in [-0.25, -0.2) is 9.97 Å². The Balaban J connectivity index is 1.98. The lowest BCUT2D eigenvalue weighted by Crippen LogP contribution is -2.15. The van der Waals surface area contributed by atoms with Crippen molar-refractivity contribution < 1.29 is 14.6 Å². The molecule has 0 radical (unpaired) electrons. The normalized spacial score (nSPS) is 24.5. The zero-order valence-electron chi connectivity index (χ0n) is 8.85. The van der Waals surface area contributed by atoms with Crippen LogP contribution in [0.25, 0.3) is 11.2 Å². The van der Waals surface area contributed by atoms with Gasteiger partial charge in [-0.2, -0.15) is 4.98 Å². The van der Waals surface area contributed by atoms with Crippen molar-refractivity contribution in [1.29, 1.82) is 0 Å². The van der Waals surface area contributed by atoms with E-state index in [0.717, 1.165) is 0 Å². The van der Waals surface area contributed by atoms with Crippen molar-refractivity contribution in [3.63, 3.8) is 0 Å². The number of fused-ring (bicyclic) bond motifs is 1. The van der Waals surface area contributed by atoms with Crippen LogP contribution in [0.4, 0.5) is 5.95 Å². The molecule has 2 aromatic heterocycles. The van der Waals surface area contributed by atoms with Gasteiger partial charge in [-0.1, -0.05) is 0 Å². The van der Waals surface area contributed by atoms with Crippen molar-refractivity contribution in [2.45, 2.75) is 12.5 Å². The standard InChI is InChI=1S/C9H11N5O3/c10-9-11-1-5-8(13-9)14(4-12-5)6-3-16-7(2-15)17-6/h1,4,6-7,15H,2-3H2,(H2,10,11,13)/t6-,7-/m1/s1. The minimum atomic E-state index is -0.600. The van der Waals surface area contributed by atoms with E-state index in [9.17, 15) is 0 Å². The zero-order chi connectivity index (χ0) is 11.8. The molecule has 1 saturated heterocycles. The average Bonchev–Trinajstić information content (AvgIpc) is 2.93. The number of aliphatic hydroxyl groups excluding tert-OH is 1. The number of nitrogen functional groups attached to an aromatic ring is 1. The predicted molar refractivity (Wildman–Crippen MR) is 56.7 cm³/mol. The van der Waals surface area contributed by atoms with Gasteiger partial charge in [0.1, 0.15) is 5.52 Å². The van der Waals surface area contributed by atoms with E-state index in [0.29, 0.717) is 17.8 Å². The first-order valence-electron chi connectivity index (χ1n) is 5.11. The summed E-state index contributed by atoms with van der Waals surface area (Å²) >= 11 is 0. The van der Waals surface area contributed by atoms with Gasteiger partial charge in [-0.05, 0) is 0 Å². The molecule has 1 aliphatic heterocycles. The van der Waals surface area contributed by atoms with Gasteiger partial charge in [0, 0.05) is 0 Å². The lowest BCUT2D eigenvalue weighted by Gasteiger charge is -2.11. The van der Waals surface area contributed by atoms with Crippen molar-refractivity contribution in [3.8, 4) is 0 Å². The van der Waals surface area contributed by atoms with Crippen LogP contribution in [0.15, 0.2) is 12.5 Å². The molecular formula is C9H11N5O3. The van der Waals surface area contributed by atoms with Crippen LogP contribution < -0.4 is 5.73 Å². The van der Waals surface area contributed by atoms with E-state index in [1.54, 1.807) is 17.1 Å². The predicted octanol–water partition coefficient (Wildman–Crippen LogP) is -0.728. The van der Waals surface area contributed by atoms with E-state index in [-0.39, 0.29) is 18.8 Å². The Morgan fingerprint density at radius 2 is 2.41 bits per heavy atom. The molecular weight excluding hydrogens is 226 g/mol. The number of nitrogens with zero attached hydrogens (tertiary/aromatic N) is 4. The summed E-state index contributed by atoms with van der Waals surface area (Å²) in [6.07, 6.45) is 2.18. The number of anilines is 1. The average molecular weight is 237 g/mol. The molecule has 90 valence electrons. The summed E-state index contributed by atoms with van der Waals surface area (Å²) in [4.78, 5) is 12.1. The monoisotopic (exact) mass is 237 g/mol. The van der Waals surface area contributed by atoms with Gasteiger partial charge >= 0.3 is 0 Å². The van der Waals surface area contributed by atoms with Crippen LogP contribution in [0, 0.1) is 0 Å². The van der Waals surface area contributed by atoms with Gasteiger partial charge in [0.2, 0.25) is 5.95 Å². The quantitative estimate of drug-likeness (QED) is 0.708. The van der Waals surface area contributed by atoms with E-state index >= 15 is 0 Å². The number of hydrogen-bond donors (Lipinski definition) is 2. The molecule has 0 amide bonds. The fourth-order valence-corrected chi connectivity index (χ4v) is 1.74. The molecule has 2 aromatic rings. The molecule has 0 bridgehead atoms. The fourth-order valence-electron chi connectivity index (χ4n) is 1.74. The van der Waals surface area contributed by atoms with Gasteiger partial charge in [0.05, 0.1) is 25.7 Å².